The molecule has 11 heterocycles. The topological polar surface area (TPSA) is 317 Å². The van der Waals surface area contributed by atoms with Crippen LogP contribution < -0.4 is 42.3 Å². The molecule has 5 N–H and O–H groups in total. The van der Waals surface area contributed by atoms with Gasteiger partial charge in [-0.2, -0.15) is 28.6 Å². The van der Waals surface area contributed by atoms with Crippen LogP contribution in [0.4, 0.5) is 35.0 Å². The largest absolute Gasteiger partial charge is 0.487 e. The number of alkyl halides is 3. The summed E-state index contributed by atoms with van der Waals surface area (Å²) in [6, 6.07) is 24.0. The SMILES string of the molecule is CN(C[C@H]1CC[C@H](n2cc3cc(NC(=O)c4cncc(C(F)(F)F)c4)c(OCc4cn(C(=O)Nc5ccc6nn([C@H]7CC[C@H](CN8CCC(c9cccc%10c9n(C)c(=O)n%10C9CCC(=O)NC9=O)CC8)CC7)cc6c5)c5ncc(C#N)cc45)cc3n2)CC1)C1CCN(c2cccc3c2n(C)c(=O)n3C2CCC(=O)NC2O)CC1. The first-order chi connectivity index (χ1) is 54.5. The van der Waals surface area contributed by atoms with Crippen LogP contribution >= 0.6 is 0 Å². The average Bonchev–Trinajstić information content (AvgIpc) is 1.60. The van der Waals surface area contributed by atoms with Gasteiger partial charge in [-0.05, 0) is 188 Å². The van der Waals surface area contributed by atoms with E-state index in [2.05, 4.69) is 69.8 Å². The van der Waals surface area contributed by atoms with E-state index in [1.165, 1.54) is 10.8 Å². The minimum Gasteiger partial charge on any atom is -0.487 e. The summed E-state index contributed by atoms with van der Waals surface area (Å²) in [5, 5.41) is 43.7. The van der Waals surface area contributed by atoms with Crippen molar-refractivity contribution in [1.82, 2.24) is 72.8 Å². The van der Waals surface area contributed by atoms with Gasteiger partial charge < -0.3 is 40.5 Å². The third-order valence-electron chi connectivity index (χ3n) is 24.7. The number of pyridine rings is 2. The van der Waals surface area contributed by atoms with Crippen molar-refractivity contribution in [2.24, 2.45) is 25.9 Å². The van der Waals surface area contributed by atoms with Crippen molar-refractivity contribution < 1.29 is 47.0 Å². The maximum Gasteiger partial charge on any atom is 0.417 e. The van der Waals surface area contributed by atoms with Gasteiger partial charge in [-0.25, -0.2) is 19.4 Å². The second-order valence-electron chi connectivity index (χ2n) is 31.7. The van der Waals surface area contributed by atoms with Crippen molar-refractivity contribution in [3.05, 3.63) is 165 Å². The molecule has 0 spiro atoms. The first-order valence-corrected chi connectivity index (χ1v) is 39.1. The third-order valence-corrected chi connectivity index (χ3v) is 24.7. The molecule has 6 fully saturated rings. The number of hydrogen-bond donors (Lipinski definition) is 5. The average molecular weight is 1540 g/mol. The maximum atomic E-state index is 14.5. The number of aliphatic hydroxyl groups excluding tert-OH is 1. The van der Waals surface area contributed by atoms with E-state index in [1.807, 2.05) is 59.5 Å². The van der Waals surface area contributed by atoms with Crippen LogP contribution in [0.5, 0.6) is 5.75 Å². The number of likely N-dealkylation sites (tertiary alicyclic amines) is 1. The van der Waals surface area contributed by atoms with Crippen molar-refractivity contribution in [2.45, 2.75) is 158 Å². The first kappa shape index (κ1) is 74.3. The number of carbonyl (C=O) groups is 5. The van der Waals surface area contributed by atoms with E-state index in [9.17, 15) is 57.1 Å². The molecule has 4 saturated heterocycles. The lowest BCUT2D eigenvalue weighted by atomic mass is 9.84. The molecule has 4 aliphatic heterocycles. The summed E-state index contributed by atoms with van der Waals surface area (Å²) >= 11 is 0. The summed E-state index contributed by atoms with van der Waals surface area (Å²) in [7, 11) is 5.72. The highest BCUT2D eigenvalue weighted by molar-refractivity contribution is 6.06. The minimum atomic E-state index is -4.76. The van der Waals surface area contributed by atoms with E-state index in [0.29, 0.717) is 58.0 Å². The number of anilines is 3. The molecular weight excluding hydrogens is 1450 g/mol. The number of aliphatic hydroxyl groups is 1. The second-order valence-corrected chi connectivity index (χ2v) is 31.7. The van der Waals surface area contributed by atoms with Gasteiger partial charge in [0, 0.05) is 130 Å². The molecule has 3 unspecified atom stereocenters. The summed E-state index contributed by atoms with van der Waals surface area (Å²) in [6.07, 6.45) is 15.2. The summed E-state index contributed by atoms with van der Waals surface area (Å²) in [6.45, 7) is 5.20. The zero-order chi connectivity index (χ0) is 78.3. The first-order valence-electron chi connectivity index (χ1n) is 39.1. The number of imide groups is 1. The molecule has 3 atom stereocenters. The number of benzene rings is 4. The number of carbonyl (C=O) groups excluding carboxylic acids is 5. The van der Waals surface area contributed by atoms with Crippen LogP contribution in [-0.2, 0) is 41.3 Å². The van der Waals surface area contributed by atoms with Gasteiger partial charge in [0.25, 0.3) is 5.91 Å². The molecule has 11 aromatic rings. The molecule has 5 amide bonds. The van der Waals surface area contributed by atoms with Gasteiger partial charge in [-0.3, -0.25) is 61.7 Å². The second kappa shape index (κ2) is 30.2. The summed E-state index contributed by atoms with van der Waals surface area (Å²) in [5.41, 5.74) is 6.16. The van der Waals surface area contributed by atoms with Crippen LogP contribution in [-0.4, -0.2) is 156 Å². The van der Waals surface area contributed by atoms with Crippen LogP contribution in [0.3, 0.4) is 0 Å². The number of nitrogens with zero attached hydrogens (tertiary/aromatic N) is 15. The summed E-state index contributed by atoms with van der Waals surface area (Å²) in [4.78, 5) is 108. The van der Waals surface area contributed by atoms with Gasteiger partial charge in [0.05, 0.1) is 79.3 Å². The van der Waals surface area contributed by atoms with E-state index in [-0.39, 0.29) is 95.3 Å². The van der Waals surface area contributed by atoms with Crippen LogP contribution in [0.15, 0.2) is 126 Å². The van der Waals surface area contributed by atoms with Crippen LogP contribution in [0.1, 0.15) is 165 Å². The van der Waals surface area contributed by atoms with Crippen molar-refractivity contribution in [2.75, 3.05) is 61.8 Å². The number of ether oxygens (including phenoxy) is 1. The number of halogens is 3. The lowest BCUT2D eigenvalue weighted by Gasteiger charge is -2.40. The van der Waals surface area contributed by atoms with Gasteiger partial charge >= 0.3 is 23.6 Å². The number of nitrogens with one attached hydrogen (secondary N) is 4. The smallest absolute Gasteiger partial charge is 0.417 e. The Kier molecular flexibility index (Phi) is 19.9. The Hall–Kier alpha value is -11.5. The number of fused-ring (bicyclic) bond motifs is 5. The predicted molar refractivity (Wildman–Crippen MR) is 416 cm³/mol. The standard InChI is InChI=1S/C82H88F3N19O9/c1-95(57-26-30-99(31-27-57)65-7-5-9-67-74(65)97(3)81(112)104(67)69-21-23-72(106)92-78(69)109)41-47-10-15-59(16-11-47)102-45-53-35-64(90-76(107)51-33-55(40-87-39-51)82(83,84)85)70(36-63(53)94-102)113-46-54-43-100(75-61(54)32-49(37-86)38-88-75)79(110)89-56-14-19-62-52(34-56)44-101(93-62)58-17-12-48(13-18-58)42-98-28-24-50(25-29-98)60-6-4-8-66-73(60)96(2)80(111)103(66)68-20-22-71(105)91-77(68)108/h4-9,14,19,32-36,38-40,43-45,47-48,50,57-59,68-69,78,109H,10-13,15-18,20-31,41-42,46H2,1-3H3,(H,89,110)(H,90,107)(H,92,106)(H,91,105,108)/t47-,48-,58-,59-,68?,69?,78?. The van der Waals surface area contributed by atoms with E-state index in [1.54, 1.807) is 62.8 Å². The van der Waals surface area contributed by atoms with Crippen molar-refractivity contribution in [3.8, 4) is 11.8 Å². The molecule has 7 aromatic heterocycles. The predicted octanol–water partition coefficient (Wildman–Crippen LogP) is 10.9. The zero-order valence-corrected chi connectivity index (χ0v) is 63.0. The number of aromatic nitrogens is 11. The molecule has 113 heavy (non-hydrogen) atoms. The van der Waals surface area contributed by atoms with E-state index in [4.69, 9.17) is 14.9 Å². The molecule has 2 aliphatic carbocycles. The van der Waals surface area contributed by atoms with E-state index < -0.39 is 47.9 Å². The molecular formula is C82H88F3N19O9. The Balaban J connectivity index is 0.533. The van der Waals surface area contributed by atoms with Crippen molar-refractivity contribution in [3.63, 3.8) is 0 Å². The number of amides is 5. The van der Waals surface area contributed by atoms with Crippen LogP contribution in [0.2, 0.25) is 0 Å². The normalized spacial score (nSPS) is 21.9. The van der Waals surface area contributed by atoms with E-state index in [0.717, 1.165) is 173 Å². The molecule has 28 nitrogen and oxygen atoms in total. The highest BCUT2D eigenvalue weighted by Gasteiger charge is 2.38. The van der Waals surface area contributed by atoms with Crippen molar-refractivity contribution in [1.29, 1.82) is 5.26 Å². The lowest BCUT2D eigenvalue weighted by molar-refractivity contribution is -0.138. The minimum absolute atomic E-state index is 0.0537. The zero-order valence-electron chi connectivity index (χ0n) is 63.0. The third kappa shape index (κ3) is 14.5. The molecule has 31 heteroatoms. The van der Waals surface area contributed by atoms with Gasteiger partial charge in [0.15, 0.2) is 0 Å². The maximum absolute atomic E-state index is 14.5. The Bertz CT molecular complexity index is 5750. The molecule has 0 bridgehead atoms. The van der Waals surface area contributed by atoms with E-state index >= 15 is 0 Å². The van der Waals surface area contributed by atoms with Crippen LogP contribution in [0, 0.1) is 23.2 Å². The van der Waals surface area contributed by atoms with Crippen molar-refractivity contribution >= 4 is 102 Å². The quantitative estimate of drug-likeness (QED) is 0.0529. The van der Waals surface area contributed by atoms with Crippen LogP contribution in [0.25, 0.3) is 54.9 Å². The number of imidazole rings is 2. The highest BCUT2D eigenvalue weighted by atomic mass is 19.4. The Morgan fingerprint density at radius 3 is 2.11 bits per heavy atom. The summed E-state index contributed by atoms with van der Waals surface area (Å²) < 4.78 is 60.2. The number of para-hydroxylation sites is 2. The molecule has 6 aliphatic rings. The molecule has 0 radical (unpaired) electrons. The molecule has 17 rings (SSSR count). The number of hydrogen-bond acceptors (Lipinski definition) is 17. The fourth-order valence-electron chi connectivity index (χ4n) is 18.7. The number of piperidine rings is 4. The fourth-order valence-corrected chi connectivity index (χ4v) is 18.7. The highest BCUT2D eigenvalue weighted by Crippen LogP contribution is 2.42. The number of rotatable bonds is 17. The Labute approximate surface area is 646 Å². The Morgan fingerprint density at radius 1 is 0.708 bits per heavy atom. The summed E-state index contributed by atoms with van der Waals surface area (Å²) in [5.74, 6) is -0.490. The fraction of sp³-hybridized carbons (Fsp3) is 0.439. The van der Waals surface area contributed by atoms with Gasteiger partial charge in [-0.15, -0.1) is 0 Å². The van der Waals surface area contributed by atoms with Gasteiger partial charge in [0.1, 0.15) is 36.3 Å². The molecule has 586 valence electrons. The number of aryl methyl sites for hydroxylation is 2. The lowest BCUT2D eigenvalue weighted by Crippen LogP contribution is -2.47. The molecule has 2 saturated carbocycles. The van der Waals surface area contributed by atoms with Gasteiger partial charge in [-0.1, -0.05) is 18.2 Å². The molecule has 4 aromatic carbocycles. The van der Waals surface area contributed by atoms with Gasteiger partial charge in [0.2, 0.25) is 17.7 Å². The monoisotopic (exact) mass is 1540 g/mol. The Morgan fingerprint density at radius 2 is 1.39 bits per heavy atom. The number of nitriles is 1.